The van der Waals surface area contributed by atoms with Gasteiger partial charge in [-0.3, -0.25) is 4.98 Å². The average molecular weight is 232 g/mol. The molecule has 0 aliphatic heterocycles. The Morgan fingerprint density at radius 3 is 2.76 bits per heavy atom. The highest BCUT2D eigenvalue weighted by Crippen LogP contribution is 2.20. The Labute approximate surface area is 98.9 Å². The van der Waals surface area contributed by atoms with Gasteiger partial charge in [0.1, 0.15) is 5.82 Å². The van der Waals surface area contributed by atoms with E-state index in [2.05, 4.69) is 20.5 Å². The maximum absolute atomic E-state index is 13.2. The van der Waals surface area contributed by atoms with Gasteiger partial charge in [0.2, 0.25) is 0 Å². The SMILES string of the molecule is CCNC(c1ccnnc1)c1cncc(F)c1. The fourth-order valence-electron chi connectivity index (χ4n) is 1.69. The lowest BCUT2D eigenvalue weighted by Gasteiger charge is -2.17. The van der Waals surface area contributed by atoms with Gasteiger partial charge in [-0.2, -0.15) is 10.2 Å². The lowest BCUT2D eigenvalue weighted by atomic mass is 10.0. The maximum Gasteiger partial charge on any atom is 0.141 e. The molecule has 2 aromatic heterocycles. The van der Waals surface area contributed by atoms with Crippen LogP contribution in [0.25, 0.3) is 0 Å². The van der Waals surface area contributed by atoms with Crippen molar-refractivity contribution in [2.24, 2.45) is 0 Å². The van der Waals surface area contributed by atoms with Crippen LogP contribution in [-0.4, -0.2) is 21.7 Å². The minimum absolute atomic E-state index is 0.112. The van der Waals surface area contributed by atoms with Crippen LogP contribution in [0.1, 0.15) is 24.1 Å². The summed E-state index contributed by atoms with van der Waals surface area (Å²) >= 11 is 0. The molecule has 0 saturated heterocycles. The van der Waals surface area contributed by atoms with E-state index in [0.717, 1.165) is 17.7 Å². The van der Waals surface area contributed by atoms with Crippen molar-refractivity contribution in [1.29, 1.82) is 0 Å². The van der Waals surface area contributed by atoms with Crippen molar-refractivity contribution in [3.8, 4) is 0 Å². The maximum atomic E-state index is 13.2. The number of rotatable bonds is 4. The Balaban J connectivity index is 2.35. The van der Waals surface area contributed by atoms with Gasteiger partial charge in [-0.25, -0.2) is 4.39 Å². The quantitative estimate of drug-likeness (QED) is 0.871. The molecule has 0 aromatic carbocycles. The monoisotopic (exact) mass is 232 g/mol. The number of nitrogens with one attached hydrogen (secondary N) is 1. The third-order valence-corrected chi connectivity index (χ3v) is 2.41. The van der Waals surface area contributed by atoms with Gasteiger partial charge in [0.15, 0.2) is 0 Å². The van der Waals surface area contributed by atoms with Gasteiger partial charge in [0.25, 0.3) is 0 Å². The standard InChI is InChI=1S/C12H13FN4/c1-2-15-12(9-3-4-16-17-7-9)10-5-11(13)8-14-6-10/h3-8,12,15H,2H2,1H3. The second-order valence-corrected chi connectivity index (χ2v) is 3.60. The fourth-order valence-corrected chi connectivity index (χ4v) is 1.69. The van der Waals surface area contributed by atoms with Crippen LogP contribution in [0.4, 0.5) is 4.39 Å². The van der Waals surface area contributed by atoms with Crippen LogP contribution in [0.15, 0.2) is 36.9 Å². The highest BCUT2D eigenvalue weighted by atomic mass is 19.1. The average Bonchev–Trinajstić information content (AvgIpc) is 2.37. The first-order chi connectivity index (χ1) is 8.31. The largest absolute Gasteiger partial charge is 0.306 e. The molecule has 0 spiro atoms. The van der Waals surface area contributed by atoms with Gasteiger partial charge in [-0.15, -0.1) is 0 Å². The molecule has 0 amide bonds. The van der Waals surface area contributed by atoms with Crippen molar-refractivity contribution in [2.45, 2.75) is 13.0 Å². The van der Waals surface area contributed by atoms with Crippen molar-refractivity contribution in [1.82, 2.24) is 20.5 Å². The molecule has 1 atom stereocenters. The first-order valence-corrected chi connectivity index (χ1v) is 5.41. The van der Waals surface area contributed by atoms with Crippen LogP contribution in [-0.2, 0) is 0 Å². The molecule has 0 bridgehead atoms. The first kappa shape index (κ1) is 11.6. The normalized spacial score (nSPS) is 12.4. The van der Waals surface area contributed by atoms with Gasteiger partial charge < -0.3 is 5.32 Å². The van der Waals surface area contributed by atoms with Gasteiger partial charge >= 0.3 is 0 Å². The second kappa shape index (κ2) is 5.45. The molecular weight excluding hydrogens is 219 g/mol. The van der Waals surface area contributed by atoms with Crippen molar-refractivity contribution in [2.75, 3.05) is 6.54 Å². The van der Waals surface area contributed by atoms with Crippen molar-refractivity contribution >= 4 is 0 Å². The molecule has 0 fully saturated rings. The van der Waals surface area contributed by atoms with E-state index in [-0.39, 0.29) is 11.9 Å². The van der Waals surface area contributed by atoms with Crippen LogP contribution in [0.3, 0.4) is 0 Å². The van der Waals surface area contributed by atoms with E-state index in [9.17, 15) is 4.39 Å². The second-order valence-electron chi connectivity index (χ2n) is 3.60. The summed E-state index contributed by atoms with van der Waals surface area (Å²) < 4.78 is 13.2. The summed E-state index contributed by atoms with van der Waals surface area (Å²) in [5.41, 5.74) is 1.72. The van der Waals surface area contributed by atoms with E-state index in [0.29, 0.717) is 0 Å². The van der Waals surface area contributed by atoms with Gasteiger partial charge in [0, 0.05) is 12.4 Å². The van der Waals surface area contributed by atoms with E-state index in [1.54, 1.807) is 18.6 Å². The molecule has 88 valence electrons. The molecule has 0 aliphatic carbocycles. The zero-order chi connectivity index (χ0) is 12.1. The smallest absolute Gasteiger partial charge is 0.141 e. The molecule has 1 N–H and O–H groups in total. The van der Waals surface area contributed by atoms with Crippen LogP contribution in [0.5, 0.6) is 0 Å². The molecule has 5 heteroatoms. The lowest BCUT2D eigenvalue weighted by Crippen LogP contribution is -2.22. The van der Waals surface area contributed by atoms with Crippen LogP contribution >= 0.6 is 0 Å². The molecule has 2 heterocycles. The van der Waals surface area contributed by atoms with E-state index in [4.69, 9.17) is 0 Å². The summed E-state index contributed by atoms with van der Waals surface area (Å²) in [7, 11) is 0. The molecule has 17 heavy (non-hydrogen) atoms. The molecule has 0 radical (unpaired) electrons. The summed E-state index contributed by atoms with van der Waals surface area (Å²) in [5.74, 6) is -0.340. The Hall–Kier alpha value is -1.88. The molecule has 1 unspecified atom stereocenters. The minimum atomic E-state index is -0.340. The summed E-state index contributed by atoms with van der Waals surface area (Å²) in [6.45, 7) is 2.76. The Kier molecular flexibility index (Phi) is 3.72. The van der Waals surface area contributed by atoms with Crippen LogP contribution in [0.2, 0.25) is 0 Å². The fraction of sp³-hybridized carbons (Fsp3) is 0.250. The molecule has 0 aliphatic rings. The van der Waals surface area contributed by atoms with E-state index in [1.807, 2.05) is 13.0 Å². The number of halogens is 1. The van der Waals surface area contributed by atoms with Crippen molar-refractivity contribution in [3.63, 3.8) is 0 Å². The van der Waals surface area contributed by atoms with Crippen molar-refractivity contribution < 1.29 is 4.39 Å². The van der Waals surface area contributed by atoms with Gasteiger partial charge in [-0.1, -0.05) is 6.92 Å². The molecular formula is C12H13FN4. The number of hydrogen-bond donors (Lipinski definition) is 1. The predicted octanol–water partition coefficient (Wildman–Crippen LogP) is 1.71. The summed E-state index contributed by atoms with van der Waals surface area (Å²) in [6, 6.07) is 3.21. The Morgan fingerprint density at radius 1 is 1.24 bits per heavy atom. The Bertz CT molecular complexity index is 475. The zero-order valence-electron chi connectivity index (χ0n) is 9.47. The predicted molar refractivity (Wildman–Crippen MR) is 61.7 cm³/mol. The summed E-state index contributed by atoms with van der Waals surface area (Å²) in [5, 5.41) is 10.8. The third-order valence-electron chi connectivity index (χ3n) is 2.41. The summed E-state index contributed by atoms with van der Waals surface area (Å²) in [4.78, 5) is 3.86. The number of nitrogens with zero attached hydrogens (tertiary/aromatic N) is 3. The van der Waals surface area contributed by atoms with E-state index in [1.165, 1.54) is 12.3 Å². The van der Waals surface area contributed by atoms with Crippen LogP contribution in [0, 0.1) is 5.82 Å². The highest BCUT2D eigenvalue weighted by molar-refractivity contribution is 5.27. The molecule has 2 rings (SSSR count). The zero-order valence-corrected chi connectivity index (χ0v) is 9.47. The number of hydrogen-bond acceptors (Lipinski definition) is 4. The molecule has 0 saturated carbocycles. The molecule has 2 aromatic rings. The molecule has 4 nitrogen and oxygen atoms in total. The topological polar surface area (TPSA) is 50.7 Å². The van der Waals surface area contributed by atoms with Gasteiger partial charge in [-0.05, 0) is 29.8 Å². The highest BCUT2D eigenvalue weighted by Gasteiger charge is 2.14. The van der Waals surface area contributed by atoms with E-state index < -0.39 is 0 Å². The first-order valence-electron chi connectivity index (χ1n) is 5.41. The number of aromatic nitrogens is 3. The van der Waals surface area contributed by atoms with Crippen LogP contribution < -0.4 is 5.32 Å². The number of pyridine rings is 1. The van der Waals surface area contributed by atoms with Crippen molar-refractivity contribution in [3.05, 3.63) is 53.9 Å². The third kappa shape index (κ3) is 2.82. The Morgan fingerprint density at radius 2 is 2.12 bits per heavy atom. The summed E-state index contributed by atoms with van der Waals surface area (Å²) in [6.07, 6.45) is 6.12. The van der Waals surface area contributed by atoms with E-state index >= 15 is 0 Å². The lowest BCUT2D eigenvalue weighted by molar-refractivity contribution is 0.594. The van der Waals surface area contributed by atoms with Gasteiger partial charge in [0.05, 0.1) is 18.4 Å². The minimum Gasteiger partial charge on any atom is -0.306 e.